The van der Waals surface area contributed by atoms with Crippen LogP contribution in [0.1, 0.15) is 78.1 Å². The van der Waals surface area contributed by atoms with Crippen molar-refractivity contribution in [1.82, 2.24) is 5.32 Å². The molecular weight excluding hydrogens is 254 g/mol. The number of hydrogen-bond donors (Lipinski definition) is 1. The molecule has 0 amide bonds. The molecule has 5 aliphatic rings. The first-order valence-electron chi connectivity index (χ1n) is 9.92. The van der Waals surface area contributed by atoms with E-state index in [1.807, 2.05) is 0 Å². The van der Waals surface area contributed by atoms with E-state index >= 15 is 0 Å². The monoisotopic (exact) mass is 289 g/mol. The second kappa shape index (κ2) is 5.55. The molecule has 0 radical (unpaired) electrons. The predicted octanol–water partition coefficient (Wildman–Crippen LogP) is 5.01. The van der Waals surface area contributed by atoms with Gasteiger partial charge >= 0.3 is 0 Å². The number of hydrogen-bond acceptors (Lipinski definition) is 1. The second-order valence-corrected chi connectivity index (χ2v) is 9.34. The fraction of sp³-hybridized carbons (Fsp3) is 1.00. The fourth-order valence-corrected chi connectivity index (χ4v) is 7.28. The molecule has 21 heavy (non-hydrogen) atoms. The van der Waals surface area contributed by atoms with Crippen LogP contribution in [-0.4, -0.2) is 12.6 Å². The van der Waals surface area contributed by atoms with Crippen molar-refractivity contribution in [1.29, 1.82) is 0 Å². The SMILES string of the molecule is CCNC(C1CCC(C)CC1)C12CC3CC(CC(C3)C1)C2. The molecule has 1 nitrogen and oxygen atoms in total. The molecule has 5 rings (SSSR count). The minimum absolute atomic E-state index is 0.704. The van der Waals surface area contributed by atoms with E-state index in [1.54, 1.807) is 38.5 Å². The molecular formula is C20H35N. The Hall–Kier alpha value is -0.0400. The molecule has 4 bridgehead atoms. The van der Waals surface area contributed by atoms with Crippen molar-refractivity contribution >= 4 is 0 Å². The third-order valence-corrected chi connectivity index (χ3v) is 7.70. The maximum atomic E-state index is 4.02. The largest absolute Gasteiger partial charge is 0.313 e. The summed E-state index contributed by atoms with van der Waals surface area (Å²) in [6.45, 7) is 5.97. The standard InChI is InChI=1S/C20H35N/c1-3-21-19(18-6-4-14(2)5-7-18)20-11-15-8-16(12-20)10-17(9-15)13-20/h14-19,21H,3-13H2,1-2H3. The molecule has 0 spiro atoms. The maximum absolute atomic E-state index is 4.02. The van der Waals surface area contributed by atoms with E-state index in [1.165, 1.54) is 32.2 Å². The van der Waals surface area contributed by atoms with Gasteiger partial charge in [-0.05, 0) is 92.9 Å². The Morgan fingerprint density at radius 2 is 1.43 bits per heavy atom. The highest BCUT2D eigenvalue weighted by molar-refractivity contribution is 5.07. The van der Waals surface area contributed by atoms with Gasteiger partial charge in [0.25, 0.3) is 0 Å². The van der Waals surface area contributed by atoms with Crippen molar-refractivity contribution in [2.45, 2.75) is 84.1 Å². The molecule has 0 saturated heterocycles. The topological polar surface area (TPSA) is 12.0 Å². The minimum atomic E-state index is 0.704. The first kappa shape index (κ1) is 14.5. The van der Waals surface area contributed by atoms with E-state index in [-0.39, 0.29) is 0 Å². The van der Waals surface area contributed by atoms with Crippen LogP contribution in [0.4, 0.5) is 0 Å². The molecule has 0 aromatic rings. The second-order valence-electron chi connectivity index (χ2n) is 9.34. The predicted molar refractivity (Wildman–Crippen MR) is 89.2 cm³/mol. The molecule has 5 saturated carbocycles. The van der Waals surface area contributed by atoms with Crippen molar-refractivity contribution in [3.05, 3.63) is 0 Å². The third kappa shape index (κ3) is 2.58. The Morgan fingerprint density at radius 1 is 0.905 bits per heavy atom. The lowest BCUT2D eigenvalue weighted by Crippen LogP contribution is -2.58. The van der Waals surface area contributed by atoms with Gasteiger partial charge in [-0.2, -0.15) is 0 Å². The molecule has 0 aromatic heterocycles. The van der Waals surface area contributed by atoms with Crippen molar-refractivity contribution < 1.29 is 0 Å². The van der Waals surface area contributed by atoms with Crippen LogP contribution in [0.15, 0.2) is 0 Å². The Kier molecular flexibility index (Phi) is 3.84. The Labute approximate surface area is 131 Å². The number of rotatable bonds is 4. The van der Waals surface area contributed by atoms with Gasteiger partial charge in [-0.3, -0.25) is 0 Å². The van der Waals surface area contributed by atoms with Crippen LogP contribution in [0, 0.1) is 35.0 Å². The van der Waals surface area contributed by atoms with Crippen molar-refractivity contribution in [2.24, 2.45) is 35.0 Å². The van der Waals surface area contributed by atoms with E-state index in [4.69, 9.17) is 0 Å². The smallest absolute Gasteiger partial charge is 0.0152 e. The zero-order valence-electron chi connectivity index (χ0n) is 14.2. The molecule has 0 aromatic carbocycles. The fourth-order valence-electron chi connectivity index (χ4n) is 7.28. The molecule has 1 N–H and O–H groups in total. The summed E-state index contributed by atoms with van der Waals surface area (Å²) in [5, 5.41) is 4.02. The summed E-state index contributed by atoms with van der Waals surface area (Å²) in [4.78, 5) is 0. The van der Waals surface area contributed by atoms with Crippen LogP contribution < -0.4 is 5.32 Å². The summed E-state index contributed by atoms with van der Waals surface area (Å²) in [5.41, 5.74) is 0.704. The molecule has 5 fully saturated rings. The summed E-state index contributed by atoms with van der Waals surface area (Å²) in [5.74, 6) is 5.26. The van der Waals surface area contributed by atoms with Crippen LogP contribution >= 0.6 is 0 Å². The Balaban J connectivity index is 1.55. The van der Waals surface area contributed by atoms with Gasteiger partial charge < -0.3 is 5.32 Å². The van der Waals surface area contributed by atoms with Crippen molar-refractivity contribution in [3.63, 3.8) is 0 Å². The van der Waals surface area contributed by atoms with Crippen LogP contribution in [0.5, 0.6) is 0 Å². The normalized spacial score (nSPS) is 50.3. The van der Waals surface area contributed by atoms with Gasteiger partial charge in [0.1, 0.15) is 0 Å². The highest BCUT2D eigenvalue weighted by Gasteiger charge is 2.55. The summed E-state index contributed by atoms with van der Waals surface area (Å²) < 4.78 is 0. The number of nitrogens with one attached hydrogen (secondary N) is 1. The average Bonchev–Trinajstić information content (AvgIpc) is 2.44. The first-order chi connectivity index (χ1) is 10.2. The third-order valence-electron chi connectivity index (χ3n) is 7.70. The Bertz CT molecular complexity index is 331. The molecule has 0 heterocycles. The minimum Gasteiger partial charge on any atom is -0.313 e. The highest BCUT2D eigenvalue weighted by Crippen LogP contribution is 2.62. The van der Waals surface area contributed by atoms with Crippen molar-refractivity contribution in [2.75, 3.05) is 6.54 Å². The van der Waals surface area contributed by atoms with Gasteiger partial charge in [-0.1, -0.05) is 26.7 Å². The zero-order valence-corrected chi connectivity index (χ0v) is 14.2. The van der Waals surface area contributed by atoms with Gasteiger partial charge in [0.05, 0.1) is 0 Å². The van der Waals surface area contributed by atoms with Crippen LogP contribution in [0.3, 0.4) is 0 Å². The summed E-state index contributed by atoms with van der Waals surface area (Å²) in [7, 11) is 0. The highest BCUT2D eigenvalue weighted by atomic mass is 14.9. The van der Waals surface area contributed by atoms with Gasteiger partial charge in [-0.15, -0.1) is 0 Å². The van der Waals surface area contributed by atoms with Crippen LogP contribution in [0.25, 0.3) is 0 Å². The quantitative estimate of drug-likeness (QED) is 0.767. The average molecular weight is 290 g/mol. The molecule has 1 unspecified atom stereocenters. The first-order valence-corrected chi connectivity index (χ1v) is 9.92. The molecule has 5 aliphatic carbocycles. The van der Waals surface area contributed by atoms with Gasteiger partial charge in [0, 0.05) is 6.04 Å². The molecule has 0 aliphatic heterocycles. The van der Waals surface area contributed by atoms with E-state index in [9.17, 15) is 0 Å². The van der Waals surface area contributed by atoms with E-state index in [2.05, 4.69) is 19.2 Å². The van der Waals surface area contributed by atoms with E-state index < -0.39 is 0 Å². The lowest BCUT2D eigenvalue weighted by atomic mass is 9.46. The zero-order chi connectivity index (χ0) is 14.4. The van der Waals surface area contributed by atoms with Crippen molar-refractivity contribution in [3.8, 4) is 0 Å². The summed E-state index contributed by atoms with van der Waals surface area (Å²) >= 11 is 0. The van der Waals surface area contributed by atoms with Gasteiger partial charge in [0.2, 0.25) is 0 Å². The van der Waals surface area contributed by atoms with Gasteiger partial charge in [-0.25, -0.2) is 0 Å². The summed E-state index contributed by atoms with van der Waals surface area (Å²) in [6.07, 6.45) is 15.4. The lowest BCUT2D eigenvalue weighted by molar-refractivity contribution is -0.0884. The Morgan fingerprint density at radius 3 is 1.90 bits per heavy atom. The van der Waals surface area contributed by atoms with E-state index in [0.29, 0.717) is 5.41 Å². The lowest BCUT2D eigenvalue weighted by Gasteiger charge is -2.61. The molecule has 1 heteroatoms. The van der Waals surface area contributed by atoms with E-state index in [0.717, 1.165) is 35.6 Å². The van der Waals surface area contributed by atoms with Gasteiger partial charge in [0.15, 0.2) is 0 Å². The van der Waals surface area contributed by atoms with Crippen LogP contribution in [-0.2, 0) is 0 Å². The molecule has 120 valence electrons. The molecule has 1 atom stereocenters. The maximum Gasteiger partial charge on any atom is 0.0152 e. The summed E-state index contributed by atoms with van der Waals surface area (Å²) in [6, 6.07) is 0.850. The van der Waals surface area contributed by atoms with Crippen LogP contribution in [0.2, 0.25) is 0 Å².